The van der Waals surface area contributed by atoms with Crippen LogP contribution in [0.2, 0.25) is 0 Å². The van der Waals surface area contributed by atoms with Gasteiger partial charge in [-0.2, -0.15) is 0 Å². The highest BCUT2D eigenvalue weighted by molar-refractivity contribution is 6.16. The Morgan fingerprint density at radius 1 is 1.20 bits per heavy atom. The molecule has 0 heterocycles. The topological polar surface area (TPSA) is 152 Å². The predicted octanol–water partition coefficient (Wildman–Crippen LogP) is -0.0553. The lowest BCUT2D eigenvalue weighted by atomic mass is 9.83. The molecule has 163 valence electrons. The molecule has 0 aromatic heterocycles. The molecule has 1 aromatic rings. The zero-order valence-electron chi connectivity index (χ0n) is 17.2. The van der Waals surface area contributed by atoms with E-state index in [4.69, 9.17) is 21.1 Å². The van der Waals surface area contributed by atoms with Crippen LogP contribution in [-0.4, -0.2) is 49.8 Å². The van der Waals surface area contributed by atoms with Crippen molar-refractivity contribution in [1.29, 1.82) is 0 Å². The Morgan fingerprint density at radius 3 is 2.53 bits per heavy atom. The van der Waals surface area contributed by atoms with E-state index in [9.17, 15) is 9.59 Å². The molecule has 0 saturated heterocycles. The standard InChI is InChI=1S/C20H31BN5O4/c22-19(23)25-13-6-9-16(30-21-29)26-18(28)20(11-4-5-12-20)17(27)24-14-10-15-7-2-1-3-8-15/h1-3,7-8,16,29H,4-6,9-14H2,(H,24,27)(H,26,28)(H4,22,23,25)/t16-/m1/s1. The van der Waals surface area contributed by atoms with Gasteiger partial charge in [-0.1, -0.05) is 43.2 Å². The molecule has 1 fully saturated rings. The van der Waals surface area contributed by atoms with Gasteiger partial charge in [0.1, 0.15) is 11.6 Å². The molecule has 7 N–H and O–H groups in total. The molecule has 1 aromatic carbocycles. The second-order valence-corrected chi connectivity index (χ2v) is 7.43. The molecule has 1 radical (unpaired) electrons. The van der Waals surface area contributed by atoms with Crippen molar-refractivity contribution in [3.8, 4) is 0 Å². The minimum absolute atomic E-state index is 0.0118. The lowest BCUT2D eigenvalue weighted by Crippen LogP contribution is -2.53. The molecule has 30 heavy (non-hydrogen) atoms. The minimum atomic E-state index is -1.12. The summed E-state index contributed by atoms with van der Waals surface area (Å²) in [5.74, 6) is -0.658. The lowest BCUT2D eigenvalue weighted by Gasteiger charge is -2.29. The van der Waals surface area contributed by atoms with Crippen LogP contribution in [0.3, 0.4) is 0 Å². The third-order valence-corrected chi connectivity index (χ3v) is 5.30. The quantitative estimate of drug-likeness (QED) is 0.0804. The Kier molecular flexibility index (Phi) is 9.63. The van der Waals surface area contributed by atoms with E-state index in [0.717, 1.165) is 18.4 Å². The molecule has 1 aliphatic rings. The molecule has 0 unspecified atom stereocenters. The second kappa shape index (κ2) is 12.2. The monoisotopic (exact) mass is 416 g/mol. The maximum atomic E-state index is 13.1. The third kappa shape index (κ3) is 7.03. The van der Waals surface area contributed by atoms with Crippen LogP contribution in [0.1, 0.15) is 44.1 Å². The van der Waals surface area contributed by atoms with Gasteiger partial charge in [0.15, 0.2) is 5.96 Å². The number of aliphatic imine (C=N–C) groups is 1. The average Bonchev–Trinajstić information content (AvgIpc) is 3.23. The predicted molar refractivity (Wildman–Crippen MR) is 115 cm³/mol. The SMILES string of the molecule is NC(N)=NCCC[C@H](NC(=O)C1(C(=O)NCCc2ccccc2)CCCC1)O[B]O. The summed E-state index contributed by atoms with van der Waals surface area (Å²) in [6.45, 7) is 0.829. The van der Waals surface area contributed by atoms with Crippen LogP contribution >= 0.6 is 0 Å². The van der Waals surface area contributed by atoms with Gasteiger partial charge in [-0.05, 0) is 37.7 Å². The van der Waals surface area contributed by atoms with Crippen molar-refractivity contribution in [3.63, 3.8) is 0 Å². The minimum Gasteiger partial charge on any atom is -0.429 e. The first-order chi connectivity index (χ1) is 14.5. The Morgan fingerprint density at radius 2 is 1.90 bits per heavy atom. The largest absolute Gasteiger partial charge is 0.486 e. The Hall–Kier alpha value is -2.59. The molecule has 1 aliphatic carbocycles. The number of carbonyl (C=O) groups is 2. The lowest BCUT2D eigenvalue weighted by molar-refractivity contribution is -0.145. The van der Waals surface area contributed by atoms with Gasteiger partial charge in [0.05, 0.1) is 0 Å². The van der Waals surface area contributed by atoms with E-state index >= 15 is 0 Å². The Bertz CT molecular complexity index is 706. The number of amides is 2. The smallest absolute Gasteiger partial charge is 0.429 e. The van der Waals surface area contributed by atoms with Crippen molar-refractivity contribution in [2.75, 3.05) is 13.1 Å². The first-order valence-electron chi connectivity index (χ1n) is 10.3. The summed E-state index contributed by atoms with van der Waals surface area (Å²) in [4.78, 5) is 29.9. The highest BCUT2D eigenvalue weighted by Crippen LogP contribution is 2.38. The number of rotatable bonds is 12. The number of hydrogen-bond acceptors (Lipinski definition) is 5. The molecule has 9 nitrogen and oxygen atoms in total. The molecule has 1 saturated carbocycles. The fourth-order valence-electron chi connectivity index (χ4n) is 3.69. The van der Waals surface area contributed by atoms with Crippen molar-refractivity contribution in [3.05, 3.63) is 35.9 Å². The summed E-state index contributed by atoms with van der Waals surface area (Å²) >= 11 is 0. The van der Waals surface area contributed by atoms with Gasteiger partial charge in [0.2, 0.25) is 11.8 Å². The summed E-state index contributed by atoms with van der Waals surface area (Å²) in [6, 6.07) is 9.85. The molecule has 2 amide bonds. The fraction of sp³-hybridized carbons (Fsp3) is 0.550. The van der Waals surface area contributed by atoms with Crippen molar-refractivity contribution >= 4 is 25.5 Å². The van der Waals surface area contributed by atoms with E-state index in [0.29, 0.717) is 52.9 Å². The van der Waals surface area contributed by atoms with Crippen LogP contribution in [0.15, 0.2) is 35.3 Å². The van der Waals surface area contributed by atoms with Crippen molar-refractivity contribution in [2.24, 2.45) is 21.9 Å². The van der Waals surface area contributed by atoms with Crippen molar-refractivity contribution in [1.82, 2.24) is 10.6 Å². The van der Waals surface area contributed by atoms with E-state index in [-0.39, 0.29) is 17.8 Å². The van der Waals surface area contributed by atoms with E-state index in [1.807, 2.05) is 30.3 Å². The first kappa shape index (κ1) is 23.7. The second-order valence-electron chi connectivity index (χ2n) is 7.43. The molecule has 1 atom stereocenters. The van der Waals surface area contributed by atoms with E-state index in [1.165, 1.54) is 0 Å². The molecule has 10 heteroatoms. The number of hydrogen-bond donors (Lipinski definition) is 5. The van der Waals surface area contributed by atoms with Gasteiger partial charge in [0, 0.05) is 13.1 Å². The fourth-order valence-corrected chi connectivity index (χ4v) is 3.69. The molecular formula is C20H31BN5O4. The number of benzene rings is 1. The van der Waals surface area contributed by atoms with Crippen LogP contribution < -0.4 is 22.1 Å². The number of nitrogens with one attached hydrogen (secondary N) is 2. The number of nitrogens with zero attached hydrogens (tertiary/aromatic N) is 1. The summed E-state index contributed by atoms with van der Waals surface area (Å²) in [5.41, 5.74) is 10.6. The average molecular weight is 416 g/mol. The van der Waals surface area contributed by atoms with Gasteiger partial charge in [-0.3, -0.25) is 14.6 Å². The normalized spacial score (nSPS) is 15.8. The van der Waals surface area contributed by atoms with Crippen LogP contribution in [0, 0.1) is 5.41 Å². The van der Waals surface area contributed by atoms with Gasteiger partial charge >= 0.3 is 7.69 Å². The zero-order chi connectivity index (χ0) is 21.8. The van der Waals surface area contributed by atoms with Crippen molar-refractivity contribution < 1.29 is 19.3 Å². The van der Waals surface area contributed by atoms with Crippen molar-refractivity contribution in [2.45, 2.75) is 51.2 Å². The highest BCUT2D eigenvalue weighted by atomic mass is 16.5. The molecule has 2 rings (SSSR count). The van der Waals surface area contributed by atoms with Gasteiger partial charge in [-0.15, -0.1) is 0 Å². The molecule has 0 bridgehead atoms. The van der Waals surface area contributed by atoms with Gasteiger partial charge in [-0.25, -0.2) is 0 Å². The van der Waals surface area contributed by atoms with Crippen LogP contribution in [0.4, 0.5) is 0 Å². The summed E-state index contributed by atoms with van der Waals surface area (Å²) < 4.78 is 5.10. The van der Waals surface area contributed by atoms with E-state index in [2.05, 4.69) is 15.6 Å². The first-order valence-corrected chi connectivity index (χ1v) is 10.3. The Labute approximate surface area is 177 Å². The highest BCUT2D eigenvalue weighted by Gasteiger charge is 2.48. The van der Waals surface area contributed by atoms with Crippen LogP contribution in [-0.2, 0) is 20.7 Å². The molecule has 0 aliphatic heterocycles. The number of nitrogens with two attached hydrogens (primary N) is 2. The summed E-state index contributed by atoms with van der Waals surface area (Å²) in [6.07, 6.45) is 3.42. The maximum Gasteiger partial charge on any atom is 0.486 e. The van der Waals surface area contributed by atoms with Gasteiger partial charge in [0.25, 0.3) is 0 Å². The Balaban J connectivity index is 1.93. The number of carbonyl (C=O) groups excluding carboxylic acids is 2. The van der Waals surface area contributed by atoms with Crippen LogP contribution in [0.5, 0.6) is 0 Å². The van der Waals surface area contributed by atoms with E-state index in [1.54, 1.807) is 0 Å². The maximum absolute atomic E-state index is 13.1. The van der Waals surface area contributed by atoms with E-state index < -0.39 is 11.6 Å². The summed E-state index contributed by atoms with van der Waals surface area (Å²) in [5, 5.41) is 14.7. The molecule has 0 spiro atoms. The summed E-state index contributed by atoms with van der Waals surface area (Å²) in [7, 11) is 0.534. The zero-order valence-corrected chi connectivity index (χ0v) is 17.2. The third-order valence-electron chi connectivity index (χ3n) is 5.30. The van der Waals surface area contributed by atoms with Crippen LogP contribution in [0.25, 0.3) is 0 Å². The number of guanidine groups is 1. The molecular weight excluding hydrogens is 385 g/mol. The van der Waals surface area contributed by atoms with Gasteiger partial charge < -0.3 is 31.8 Å².